The first-order chi connectivity index (χ1) is 9.63. The van der Waals surface area contributed by atoms with Gasteiger partial charge in [0.15, 0.2) is 0 Å². The van der Waals surface area contributed by atoms with Gasteiger partial charge in [-0.3, -0.25) is 0 Å². The van der Waals surface area contributed by atoms with Gasteiger partial charge in [-0.15, -0.1) is 0 Å². The van der Waals surface area contributed by atoms with Gasteiger partial charge < -0.3 is 15.0 Å². The first-order valence-corrected chi connectivity index (χ1v) is 6.90. The number of carbonyl (C=O) groups is 1. The van der Waals surface area contributed by atoms with Gasteiger partial charge in [-0.2, -0.15) is 0 Å². The summed E-state index contributed by atoms with van der Waals surface area (Å²) in [6, 6.07) is 9.32. The second-order valence-corrected chi connectivity index (χ2v) is 5.44. The van der Waals surface area contributed by atoms with Crippen LogP contribution < -0.4 is 5.73 Å². The second kappa shape index (κ2) is 5.21. The van der Waals surface area contributed by atoms with Crippen molar-refractivity contribution < 1.29 is 9.53 Å². The fourth-order valence-corrected chi connectivity index (χ4v) is 2.38. The van der Waals surface area contributed by atoms with Gasteiger partial charge in [0.25, 0.3) is 0 Å². The van der Waals surface area contributed by atoms with Crippen molar-refractivity contribution in [3.8, 4) is 0 Å². The van der Waals surface area contributed by atoms with Gasteiger partial charge in [0.2, 0.25) is 0 Å². The van der Waals surface area contributed by atoms with Gasteiger partial charge in [0.05, 0.1) is 5.69 Å². The number of esters is 1. The molecular weight excluding hydrogens is 276 g/mol. The molecule has 104 valence electrons. The van der Waals surface area contributed by atoms with Crippen LogP contribution in [0, 0.1) is 0 Å². The molecule has 0 radical (unpaired) electrons. The van der Waals surface area contributed by atoms with Crippen LogP contribution in [0.25, 0.3) is 0 Å². The van der Waals surface area contributed by atoms with Gasteiger partial charge in [-0.1, -0.05) is 23.7 Å². The SMILES string of the molecule is Nc1cc(C(=O)OCc2cccc(Cl)c2)n(C2CC2)c1. The van der Waals surface area contributed by atoms with E-state index in [0.29, 0.717) is 22.4 Å². The third kappa shape index (κ3) is 2.80. The number of anilines is 1. The van der Waals surface area contributed by atoms with Crippen LogP contribution in [-0.4, -0.2) is 10.5 Å². The van der Waals surface area contributed by atoms with Gasteiger partial charge >= 0.3 is 5.97 Å². The van der Waals surface area contributed by atoms with E-state index >= 15 is 0 Å². The maximum Gasteiger partial charge on any atom is 0.355 e. The van der Waals surface area contributed by atoms with Gasteiger partial charge in [-0.25, -0.2) is 4.79 Å². The number of hydrogen-bond acceptors (Lipinski definition) is 3. The van der Waals surface area contributed by atoms with Crippen molar-refractivity contribution >= 4 is 23.3 Å². The zero-order valence-corrected chi connectivity index (χ0v) is 11.6. The molecule has 1 aromatic heterocycles. The first-order valence-electron chi connectivity index (χ1n) is 6.52. The second-order valence-electron chi connectivity index (χ2n) is 5.00. The van der Waals surface area contributed by atoms with Crippen molar-refractivity contribution in [1.29, 1.82) is 0 Å². The summed E-state index contributed by atoms with van der Waals surface area (Å²) in [7, 11) is 0. The fraction of sp³-hybridized carbons (Fsp3) is 0.267. The highest BCUT2D eigenvalue weighted by molar-refractivity contribution is 6.30. The Hall–Kier alpha value is -1.94. The molecule has 2 aromatic rings. The molecule has 0 amide bonds. The number of rotatable bonds is 4. The smallest absolute Gasteiger partial charge is 0.355 e. The minimum Gasteiger partial charge on any atom is -0.456 e. The minimum absolute atomic E-state index is 0.204. The number of nitrogens with two attached hydrogens (primary N) is 1. The van der Waals surface area contributed by atoms with Crippen molar-refractivity contribution in [2.45, 2.75) is 25.5 Å². The van der Waals surface area contributed by atoms with Crippen LogP contribution >= 0.6 is 11.6 Å². The van der Waals surface area contributed by atoms with E-state index in [0.717, 1.165) is 18.4 Å². The number of hydrogen-bond donors (Lipinski definition) is 1. The molecule has 4 nitrogen and oxygen atoms in total. The Morgan fingerprint density at radius 1 is 1.40 bits per heavy atom. The van der Waals surface area contributed by atoms with Crippen molar-refractivity contribution in [2.75, 3.05) is 5.73 Å². The molecule has 1 aliphatic carbocycles. The molecule has 0 unspecified atom stereocenters. The summed E-state index contributed by atoms with van der Waals surface area (Å²) in [4.78, 5) is 12.1. The number of ether oxygens (including phenoxy) is 1. The summed E-state index contributed by atoms with van der Waals surface area (Å²) in [5.74, 6) is -0.353. The number of aromatic nitrogens is 1. The van der Waals surface area contributed by atoms with E-state index in [1.165, 1.54) is 0 Å². The Kier molecular flexibility index (Phi) is 3.40. The summed E-state index contributed by atoms with van der Waals surface area (Å²) in [6.45, 7) is 0.204. The highest BCUT2D eigenvalue weighted by Crippen LogP contribution is 2.37. The van der Waals surface area contributed by atoms with E-state index in [2.05, 4.69) is 0 Å². The zero-order chi connectivity index (χ0) is 14.1. The molecule has 1 fully saturated rings. The van der Waals surface area contributed by atoms with E-state index in [4.69, 9.17) is 22.1 Å². The lowest BCUT2D eigenvalue weighted by Gasteiger charge is -2.08. The molecule has 5 heteroatoms. The molecule has 20 heavy (non-hydrogen) atoms. The predicted molar refractivity (Wildman–Crippen MR) is 77.7 cm³/mol. The maximum atomic E-state index is 12.1. The monoisotopic (exact) mass is 290 g/mol. The van der Waals surface area contributed by atoms with E-state index in [9.17, 15) is 4.79 Å². The molecule has 3 rings (SSSR count). The fourth-order valence-electron chi connectivity index (χ4n) is 2.17. The van der Waals surface area contributed by atoms with Crippen LogP contribution in [0.15, 0.2) is 36.5 Å². The lowest BCUT2D eigenvalue weighted by Crippen LogP contribution is -2.11. The van der Waals surface area contributed by atoms with Crippen LogP contribution in [0.2, 0.25) is 5.02 Å². The Balaban J connectivity index is 1.70. The normalized spacial score (nSPS) is 14.2. The summed E-state index contributed by atoms with van der Waals surface area (Å²) in [6.07, 6.45) is 3.97. The van der Waals surface area contributed by atoms with E-state index < -0.39 is 0 Å². The standard InChI is InChI=1S/C15H15ClN2O2/c16-11-3-1-2-10(6-11)9-20-15(19)14-7-12(17)8-18(14)13-4-5-13/h1-3,6-8,13H,4-5,9,17H2. The van der Waals surface area contributed by atoms with Crippen molar-refractivity contribution in [3.63, 3.8) is 0 Å². The van der Waals surface area contributed by atoms with Crippen molar-refractivity contribution in [2.24, 2.45) is 0 Å². The topological polar surface area (TPSA) is 57.3 Å². The third-order valence-corrected chi connectivity index (χ3v) is 3.51. The highest BCUT2D eigenvalue weighted by Gasteiger charge is 2.28. The van der Waals surface area contributed by atoms with Crippen molar-refractivity contribution in [1.82, 2.24) is 4.57 Å². The molecule has 0 aliphatic heterocycles. The first kappa shape index (κ1) is 13.1. The van der Waals surface area contributed by atoms with E-state index in [1.54, 1.807) is 24.4 Å². The number of halogens is 1. The minimum atomic E-state index is -0.353. The van der Waals surface area contributed by atoms with E-state index in [1.807, 2.05) is 16.7 Å². The molecule has 0 atom stereocenters. The van der Waals surface area contributed by atoms with Gasteiger partial charge in [0, 0.05) is 17.3 Å². The van der Waals surface area contributed by atoms with Crippen LogP contribution in [0.4, 0.5) is 5.69 Å². The Morgan fingerprint density at radius 3 is 2.90 bits per heavy atom. The molecule has 0 bridgehead atoms. The summed E-state index contributed by atoms with van der Waals surface area (Å²) < 4.78 is 7.24. The van der Waals surface area contributed by atoms with Crippen LogP contribution in [0.5, 0.6) is 0 Å². The number of carbonyl (C=O) groups excluding carboxylic acids is 1. The number of nitrogen functional groups attached to an aromatic ring is 1. The lowest BCUT2D eigenvalue weighted by molar-refractivity contribution is 0.0460. The summed E-state index contributed by atoms with van der Waals surface area (Å²) >= 11 is 5.89. The van der Waals surface area contributed by atoms with Gasteiger partial charge in [-0.05, 0) is 36.6 Å². The molecular formula is C15H15ClN2O2. The quantitative estimate of drug-likeness (QED) is 0.878. The molecule has 1 aliphatic rings. The Bertz CT molecular complexity index is 647. The van der Waals surface area contributed by atoms with Crippen LogP contribution in [0.3, 0.4) is 0 Å². The largest absolute Gasteiger partial charge is 0.456 e. The third-order valence-electron chi connectivity index (χ3n) is 3.28. The Morgan fingerprint density at radius 2 is 2.20 bits per heavy atom. The Labute approximate surface area is 122 Å². The zero-order valence-electron chi connectivity index (χ0n) is 10.9. The van der Waals surface area contributed by atoms with Crippen molar-refractivity contribution in [3.05, 3.63) is 52.8 Å². The number of benzene rings is 1. The maximum absolute atomic E-state index is 12.1. The average molecular weight is 291 g/mol. The predicted octanol–water partition coefficient (Wildman–Crippen LogP) is 3.42. The number of nitrogens with zero attached hydrogens (tertiary/aromatic N) is 1. The molecule has 2 N–H and O–H groups in total. The molecule has 0 spiro atoms. The summed E-state index contributed by atoms with van der Waals surface area (Å²) in [5, 5.41) is 0.629. The molecule has 1 saturated carbocycles. The van der Waals surface area contributed by atoms with Crippen LogP contribution in [0.1, 0.15) is 34.9 Å². The van der Waals surface area contributed by atoms with E-state index in [-0.39, 0.29) is 12.6 Å². The molecule has 1 heterocycles. The van der Waals surface area contributed by atoms with Gasteiger partial charge in [0.1, 0.15) is 12.3 Å². The highest BCUT2D eigenvalue weighted by atomic mass is 35.5. The summed E-state index contributed by atoms with van der Waals surface area (Å²) in [5.41, 5.74) is 7.74. The average Bonchev–Trinajstić information content (AvgIpc) is 3.19. The molecule has 1 aromatic carbocycles. The lowest BCUT2D eigenvalue weighted by atomic mass is 10.2. The molecule has 0 saturated heterocycles. The van der Waals surface area contributed by atoms with Crippen LogP contribution in [-0.2, 0) is 11.3 Å².